The Labute approximate surface area is 124 Å². The van der Waals surface area contributed by atoms with Crippen LogP contribution < -0.4 is 10.6 Å². The van der Waals surface area contributed by atoms with Gasteiger partial charge in [-0.25, -0.2) is 0 Å². The molecule has 1 unspecified atom stereocenters. The van der Waals surface area contributed by atoms with Crippen LogP contribution in [-0.2, 0) is 0 Å². The number of hydrogen-bond donors (Lipinski definition) is 1. The first-order chi connectivity index (χ1) is 9.66. The van der Waals surface area contributed by atoms with Gasteiger partial charge in [-0.15, -0.1) is 0 Å². The summed E-state index contributed by atoms with van der Waals surface area (Å²) in [5.74, 6) is 0.704. The van der Waals surface area contributed by atoms with Crippen LogP contribution in [0.3, 0.4) is 0 Å². The Bertz CT molecular complexity index is 653. The third kappa shape index (κ3) is 2.36. The lowest BCUT2D eigenvalue weighted by molar-refractivity contribution is 0.447. The fourth-order valence-corrected chi connectivity index (χ4v) is 3.19. The van der Waals surface area contributed by atoms with Crippen LogP contribution in [0.2, 0.25) is 0 Å². The van der Waals surface area contributed by atoms with E-state index in [1.165, 1.54) is 12.8 Å². The molecule has 104 valence electrons. The second kappa shape index (κ2) is 5.37. The van der Waals surface area contributed by atoms with Crippen molar-refractivity contribution in [2.24, 2.45) is 11.7 Å². The van der Waals surface area contributed by atoms with Gasteiger partial charge in [-0.05, 0) is 24.8 Å². The van der Waals surface area contributed by atoms with E-state index in [-0.39, 0.29) is 0 Å². The summed E-state index contributed by atoms with van der Waals surface area (Å²) in [7, 11) is 0. The van der Waals surface area contributed by atoms with Crippen molar-refractivity contribution < 1.29 is 0 Å². The fourth-order valence-electron chi connectivity index (χ4n) is 3.04. The van der Waals surface area contributed by atoms with E-state index in [9.17, 15) is 0 Å². The molecule has 0 bridgehead atoms. The molecule has 0 spiro atoms. The SMILES string of the molecule is CC1CCCN(c2c(C(N)=S)cnc3ccccc23)C1. The van der Waals surface area contributed by atoms with Gasteiger partial charge in [0.1, 0.15) is 4.99 Å². The molecule has 1 fully saturated rings. The highest BCUT2D eigenvalue weighted by Crippen LogP contribution is 2.32. The van der Waals surface area contributed by atoms with Crippen LogP contribution in [0.4, 0.5) is 5.69 Å². The zero-order valence-corrected chi connectivity index (χ0v) is 12.5. The molecule has 3 rings (SSSR count). The molecule has 2 aromatic rings. The predicted octanol–water partition coefficient (Wildman–Crippen LogP) is 3.11. The Kier molecular flexibility index (Phi) is 3.57. The number of para-hydroxylation sites is 1. The van der Waals surface area contributed by atoms with Crippen LogP contribution >= 0.6 is 12.2 Å². The second-order valence-electron chi connectivity index (χ2n) is 5.60. The molecular weight excluding hydrogens is 266 g/mol. The van der Waals surface area contributed by atoms with Crippen LogP contribution in [0.1, 0.15) is 25.3 Å². The van der Waals surface area contributed by atoms with Gasteiger partial charge < -0.3 is 10.6 Å². The summed E-state index contributed by atoms with van der Waals surface area (Å²) in [6, 6.07) is 8.21. The van der Waals surface area contributed by atoms with Crippen LogP contribution in [0.25, 0.3) is 10.9 Å². The summed E-state index contributed by atoms with van der Waals surface area (Å²) in [6.45, 7) is 4.42. The van der Waals surface area contributed by atoms with Crippen molar-refractivity contribution in [3.05, 3.63) is 36.0 Å². The van der Waals surface area contributed by atoms with E-state index in [2.05, 4.69) is 22.9 Å². The predicted molar refractivity (Wildman–Crippen MR) is 88.2 cm³/mol. The molecule has 1 aliphatic heterocycles. The highest BCUT2D eigenvalue weighted by molar-refractivity contribution is 7.80. The molecule has 1 aromatic heterocycles. The lowest BCUT2D eigenvalue weighted by atomic mass is 9.98. The largest absolute Gasteiger partial charge is 0.389 e. The molecule has 4 heteroatoms. The number of thiocarbonyl (C=S) groups is 1. The topological polar surface area (TPSA) is 42.1 Å². The summed E-state index contributed by atoms with van der Waals surface area (Å²) >= 11 is 5.22. The minimum atomic E-state index is 0.427. The summed E-state index contributed by atoms with van der Waals surface area (Å²) < 4.78 is 0. The van der Waals surface area contributed by atoms with Crippen LogP contribution in [0.5, 0.6) is 0 Å². The van der Waals surface area contributed by atoms with Crippen molar-refractivity contribution in [3.63, 3.8) is 0 Å². The summed E-state index contributed by atoms with van der Waals surface area (Å²) in [4.78, 5) is 7.33. The van der Waals surface area contributed by atoms with E-state index >= 15 is 0 Å². The molecule has 1 saturated heterocycles. The van der Waals surface area contributed by atoms with Crippen molar-refractivity contribution in [2.75, 3.05) is 18.0 Å². The highest BCUT2D eigenvalue weighted by atomic mass is 32.1. The van der Waals surface area contributed by atoms with Crippen LogP contribution in [0, 0.1) is 5.92 Å². The zero-order chi connectivity index (χ0) is 14.1. The first-order valence-corrected chi connectivity index (χ1v) is 7.50. The van der Waals surface area contributed by atoms with Crippen LogP contribution in [0.15, 0.2) is 30.5 Å². The lowest BCUT2D eigenvalue weighted by Crippen LogP contribution is -2.35. The fraction of sp³-hybridized carbons (Fsp3) is 0.375. The van der Waals surface area contributed by atoms with E-state index in [4.69, 9.17) is 18.0 Å². The molecule has 1 aromatic carbocycles. The van der Waals surface area contributed by atoms with E-state index in [0.29, 0.717) is 10.9 Å². The van der Waals surface area contributed by atoms with Gasteiger partial charge in [-0.3, -0.25) is 4.98 Å². The third-order valence-electron chi connectivity index (χ3n) is 3.99. The first-order valence-electron chi connectivity index (χ1n) is 7.09. The van der Waals surface area contributed by atoms with Gasteiger partial charge in [0.15, 0.2) is 0 Å². The third-order valence-corrected chi connectivity index (χ3v) is 4.21. The number of anilines is 1. The van der Waals surface area contributed by atoms with Gasteiger partial charge in [0.05, 0.1) is 16.8 Å². The van der Waals surface area contributed by atoms with Gasteiger partial charge >= 0.3 is 0 Å². The molecule has 2 heterocycles. The number of hydrogen-bond acceptors (Lipinski definition) is 3. The van der Waals surface area contributed by atoms with Crippen molar-refractivity contribution in [2.45, 2.75) is 19.8 Å². The monoisotopic (exact) mass is 285 g/mol. The maximum Gasteiger partial charge on any atom is 0.107 e. The van der Waals surface area contributed by atoms with Crippen molar-refractivity contribution >= 4 is 33.8 Å². The maximum absolute atomic E-state index is 5.91. The van der Waals surface area contributed by atoms with Gasteiger partial charge in [-0.1, -0.05) is 37.3 Å². The molecule has 1 aliphatic rings. The number of nitrogens with two attached hydrogens (primary N) is 1. The Morgan fingerprint density at radius 3 is 2.95 bits per heavy atom. The van der Waals surface area contributed by atoms with E-state index in [1.54, 1.807) is 0 Å². The number of nitrogens with zero attached hydrogens (tertiary/aromatic N) is 2. The Morgan fingerprint density at radius 1 is 1.40 bits per heavy atom. The van der Waals surface area contributed by atoms with Crippen molar-refractivity contribution in [1.82, 2.24) is 4.98 Å². The van der Waals surface area contributed by atoms with Gasteiger partial charge in [0, 0.05) is 24.7 Å². The average Bonchev–Trinajstić information content (AvgIpc) is 2.46. The quantitative estimate of drug-likeness (QED) is 0.861. The number of benzene rings is 1. The van der Waals surface area contributed by atoms with Crippen molar-refractivity contribution in [1.29, 1.82) is 0 Å². The summed E-state index contributed by atoms with van der Waals surface area (Å²) in [6.07, 6.45) is 4.33. The number of piperidine rings is 1. The lowest BCUT2D eigenvalue weighted by Gasteiger charge is -2.34. The molecule has 0 amide bonds. The Morgan fingerprint density at radius 2 is 2.20 bits per heavy atom. The minimum absolute atomic E-state index is 0.427. The molecule has 0 aliphatic carbocycles. The molecular formula is C16H19N3S. The van der Waals surface area contributed by atoms with E-state index in [1.807, 2.05) is 24.4 Å². The normalized spacial score (nSPS) is 19.2. The molecule has 2 N–H and O–H groups in total. The molecule has 3 nitrogen and oxygen atoms in total. The number of aromatic nitrogens is 1. The minimum Gasteiger partial charge on any atom is -0.389 e. The highest BCUT2D eigenvalue weighted by Gasteiger charge is 2.22. The number of rotatable bonds is 2. The summed E-state index contributed by atoms with van der Waals surface area (Å²) in [5.41, 5.74) is 8.97. The van der Waals surface area contributed by atoms with Gasteiger partial charge in [0.25, 0.3) is 0 Å². The second-order valence-corrected chi connectivity index (χ2v) is 6.04. The van der Waals surface area contributed by atoms with Gasteiger partial charge in [-0.2, -0.15) is 0 Å². The Balaban J connectivity index is 2.19. The van der Waals surface area contributed by atoms with E-state index in [0.717, 1.165) is 35.2 Å². The van der Waals surface area contributed by atoms with Crippen molar-refractivity contribution in [3.8, 4) is 0 Å². The molecule has 0 radical (unpaired) electrons. The standard InChI is InChI=1S/C16H19N3S/c1-11-5-4-8-19(10-11)15-12-6-2-3-7-14(12)18-9-13(15)16(17)20/h2-3,6-7,9,11H,4-5,8,10H2,1H3,(H2,17,20). The van der Waals surface area contributed by atoms with Gasteiger partial charge in [0.2, 0.25) is 0 Å². The zero-order valence-electron chi connectivity index (χ0n) is 11.7. The molecule has 1 atom stereocenters. The number of pyridine rings is 1. The number of fused-ring (bicyclic) bond motifs is 1. The molecule has 0 saturated carbocycles. The molecule has 20 heavy (non-hydrogen) atoms. The Hall–Kier alpha value is -1.68. The maximum atomic E-state index is 5.91. The average molecular weight is 285 g/mol. The van der Waals surface area contributed by atoms with E-state index < -0.39 is 0 Å². The first kappa shape index (κ1) is 13.3. The smallest absolute Gasteiger partial charge is 0.107 e. The van der Waals surface area contributed by atoms with Crippen LogP contribution in [-0.4, -0.2) is 23.1 Å². The summed E-state index contributed by atoms with van der Waals surface area (Å²) in [5, 5.41) is 1.15.